The summed E-state index contributed by atoms with van der Waals surface area (Å²) in [6.07, 6.45) is 0.402. The standard InChI is InChI=1S/C16H16F3N3O/c17-16(18,19)12-6-4-11(5-7-12)9-20-15(23)13-10-22-8-2-1-3-14(22)21-13/h4-7,10H,1-3,8-9H2,(H,20,23). The zero-order valence-electron chi connectivity index (χ0n) is 12.4. The molecule has 23 heavy (non-hydrogen) atoms. The molecule has 0 spiro atoms. The molecule has 0 saturated heterocycles. The topological polar surface area (TPSA) is 46.9 Å². The van der Waals surface area contributed by atoms with Gasteiger partial charge in [0.05, 0.1) is 5.56 Å². The lowest BCUT2D eigenvalue weighted by atomic mass is 10.1. The average Bonchev–Trinajstić information content (AvgIpc) is 2.96. The van der Waals surface area contributed by atoms with Crippen molar-refractivity contribution in [2.24, 2.45) is 0 Å². The summed E-state index contributed by atoms with van der Waals surface area (Å²) < 4.78 is 39.4. The number of aryl methyl sites for hydroxylation is 2. The maximum Gasteiger partial charge on any atom is 0.416 e. The molecule has 0 fully saturated rings. The Morgan fingerprint density at radius 1 is 1.22 bits per heavy atom. The summed E-state index contributed by atoms with van der Waals surface area (Å²) in [5.74, 6) is 0.600. The molecular formula is C16H16F3N3O. The number of amides is 1. The van der Waals surface area contributed by atoms with Gasteiger partial charge in [0, 0.05) is 25.7 Å². The third-order valence-corrected chi connectivity index (χ3v) is 3.88. The zero-order valence-corrected chi connectivity index (χ0v) is 12.4. The average molecular weight is 323 g/mol. The van der Waals surface area contributed by atoms with E-state index in [1.54, 1.807) is 6.20 Å². The Bertz CT molecular complexity index is 681. The number of imidazole rings is 1. The normalized spacial score (nSPS) is 14.4. The highest BCUT2D eigenvalue weighted by atomic mass is 19.4. The lowest BCUT2D eigenvalue weighted by Gasteiger charge is -2.11. The zero-order chi connectivity index (χ0) is 16.4. The number of hydrogen-bond acceptors (Lipinski definition) is 2. The van der Waals surface area contributed by atoms with E-state index in [-0.39, 0.29) is 12.5 Å². The lowest BCUT2D eigenvalue weighted by molar-refractivity contribution is -0.137. The van der Waals surface area contributed by atoms with E-state index in [4.69, 9.17) is 0 Å². The second-order valence-electron chi connectivity index (χ2n) is 5.57. The molecule has 0 saturated carbocycles. The van der Waals surface area contributed by atoms with E-state index in [1.807, 2.05) is 4.57 Å². The van der Waals surface area contributed by atoms with Gasteiger partial charge in [0.15, 0.2) is 0 Å². The molecule has 0 bridgehead atoms. The highest BCUT2D eigenvalue weighted by molar-refractivity contribution is 5.92. The van der Waals surface area contributed by atoms with Gasteiger partial charge in [0.25, 0.3) is 5.91 Å². The molecule has 2 aromatic rings. The second-order valence-corrected chi connectivity index (χ2v) is 5.57. The maximum atomic E-state index is 12.5. The van der Waals surface area contributed by atoms with Gasteiger partial charge >= 0.3 is 6.18 Å². The minimum Gasteiger partial charge on any atom is -0.347 e. The first-order valence-electron chi connectivity index (χ1n) is 7.44. The number of carbonyl (C=O) groups excluding carboxylic acids is 1. The van der Waals surface area contributed by atoms with Gasteiger partial charge in [0.1, 0.15) is 11.5 Å². The first kappa shape index (κ1) is 15.6. The number of nitrogens with zero attached hydrogens (tertiary/aromatic N) is 2. The Morgan fingerprint density at radius 3 is 2.61 bits per heavy atom. The van der Waals surface area contributed by atoms with E-state index in [0.717, 1.165) is 43.8 Å². The monoisotopic (exact) mass is 323 g/mol. The van der Waals surface area contributed by atoms with Gasteiger partial charge < -0.3 is 9.88 Å². The first-order valence-corrected chi connectivity index (χ1v) is 7.44. The minimum atomic E-state index is -4.35. The Labute approximate surface area is 131 Å². The van der Waals surface area contributed by atoms with Crippen LogP contribution in [0, 0.1) is 0 Å². The number of aromatic nitrogens is 2. The van der Waals surface area contributed by atoms with Crippen LogP contribution in [0.2, 0.25) is 0 Å². The Balaban J connectivity index is 1.61. The first-order chi connectivity index (χ1) is 10.9. The summed E-state index contributed by atoms with van der Waals surface area (Å²) in [7, 11) is 0. The molecule has 1 aliphatic heterocycles. The molecule has 0 aliphatic carbocycles. The second kappa shape index (κ2) is 6.06. The number of alkyl halides is 3. The Kier molecular flexibility index (Phi) is 4.11. The molecule has 0 atom stereocenters. The van der Waals surface area contributed by atoms with Gasteiger partial charge in [-0.2, -0.15) is 13.2 Å². The number of carbonyl (C=O) groups is 1. The Morgan fingerprint density at radius 2 is 1.96 bits per heavy atom. The molecule has 7 heteroatoms. The molecule has 1 N–H and O–H groups in total. The number of rotatable bonds is 3. The highest BCUT2D eigenvalue weighted by Crippen LogP contribution is 2.29. The van der Waals surface area contributed by atoms with Crippen molar-refractivity contribution < 1.29 is 18.0 Å². The predicted octanol–water partition coefficient (Wildman–Crippen LogP) is 3.17. The van der Waals surface area contributed by atoms with Gasteiger partial charge in [-0.25, -0.2) is 4.98 Å². The van der Waals surface area contributed by atoms with Crippen LogP contribution in [0.4, 0.5) is 13.2 Å². The minimum absolute atomic E-state index is 0.166. The summed E-state index contributed by atoms with van der Waals surface area (Å²) in [4.78, 5) is 16.4. The van der Waals surface area contributed by atoms with Crippen molar-refractivity contribution in [3.8, 4) is 0 Å². The number of benzene rings is 1. The number of halogens is 3. The smallest absolute Gasteiger partial charge is 0.347 e. The molecule has 122 valence electrons. The molecule has 1 amide bonds. The van der Waals surface area contributed by atoms with E-state index >= 15 is 0 Å². The fourth-order valence-electron chi connectivity index (χ4n) is 2.61. The fourth-order valence-corrected chi connectivity index (χ4v) is 2.61. The lowest BCUT2D eigenvalue weighted by Crippen LogP contribution is -2.23. The predicted molar refractivity (Wildman–Crippen MR) is 77.8 cm³/mol. The van der Waals surface area contributed by atoms with Crippen molar-refractivity contribution >= 4 is 5.91 Å². The van der Waals surface area contributed by atoms with Crippen LogP contribution in [0.1, 0.15) is 40.3 Å². The van der Waals surface area contributed by atoms with E-state index in [1.165, 1.54) is 12.1 Å². The van der Waals surface area contributed by atoms with Crippen LogP contribution in [0.3, 0.4) is 0 Å². The maximum absolute atomic E-state index is 12.5. The highest BCUT2D eigenvalue weighted by Gasteiger charge is 2.29. The molecule has 4 nitrogen and oxygen atoms in total. The van der Waals surface area contributed by atoms with Crippen LogP contribution in [0.5, 0.6) is 0 Å². The van der Waals surface area contributed by atoms with Crippen molar-refractivity contribution in [3.05, 3.63) is 53.1 Å². The van der Waals surface area contributed by atoms with Gasteiger partial charge in [-0.05, 0) is 30.5 Å². The molecule has 1 aromatic heterocycles. The molecule has 2 heterocycles. The van der Waals surface area contributed by atoms with E-state index in [2.05, 4.69) is 10.3 Å². The van der Waals surface area contributed by atoms with Gasteiger partial charge in [-0.15, -0.1) is 0 Å². The molecule has 3 rings (SSSR count). The van der Waals surface area contributed by atoms with Crippen molar-refractivity contribution in [1.82, 2.24) is 14.9 Å². The SMILES string of the molecule is O=C(NCc1ccc(C(F)(F)F)cc1)c1cn2c(n1)CCCC2. The van der Waals surface area contributed by atoms with Gasteiger partial charge in [-0.3, -0.25) is 4.79 Å². The van der Waals surface area contributed by atoms with Crippen LogP contribution in [0.15, 0.2) is 30.5 Å². The van der Waals surface area contributed by atoms with Crippen molar-refractivity contribution in [2.45, 2.75) is 38.5 Å². The summed E-state index contributed by atoms with van der Waals surface area (Å²) in [5, 5.41) is 2.69. The van der Waals surface area contributed by atoms with Crippen LogP contribution in [-0.2, 0) is 25.7 Å². The van der Waals surface area contributed by atoms with Crippen LogP contribution in [-0.4, -0.2) is 15.5 Å². The fraction of sp³-hybridized carbons (Fsp3) is 0.375. The summed E-state index contributed by atoms with van der Waals surface area (Å²) in [6, 6.07) is 4.75. The van der Waals surface area contributed by atoms with Gasteiger partial charge in [-0.1, -0.05) is 12.1 Å². The third-order valence-electron chi connectivity index (χ3n) is 3.88. The largest absolute Gasteiger partial charge is 0.416 e. The van der Waals surface area contributed by atoms with E-state index in [0.29, 0.717) is 11.3 Å². The van der Waals surface area contributed by atoms with Gasteiger partial charge in [0.2, 0.25) is 0 Å². The molecule has 0 radical (unpaired) electrons. The molecular weight excluding hydrogens is 307 g/mol. The van der Waals surface area contributed by atoms with E-state index < -0.39 is 11.7 Å². The molecule has 1 aromatic carbocycles. The summed E-state index contributed by atoms with van der Waals surface area (Å²) in [5.41, 5.74) is 0.262. The molecule has 1 aliphatic rings. The van der Waals surface area contributed by atoms with Crippen molar-refractivity contribution in [2.75, 3.05) is 0 Å². The number of fused-ring (bicyclic) bond motifs is 1. The number of hydrogen-bond donors (Lipinski definition) is 1. The third kappa shape index (κ3) is 3.55. The van der Waals surface area contributed by atoms with Crippen LogP contribution < -0.4 is 5.32 Å². The van der Waals surface area contributed by atoms with Crippen molar-refractivity contribution in [3.63, 3.8) is 0 Å². The Hall–Kier alpha value is -2.31. The number of nitrogens with one attached hydrogen (secondary N) is 1. The van der Waals surface area contributed by atoms with Crippen molar-refractivity contribution in [1.29, 1.82) is 0 Å². The van der Waals surface area contributed by atoms with E-state index in [9.17, 15) is 18.0 Å². The van der Waals surface area contributed by atoms with Crippen LogP contribution in [0.25, 0.3) is 0 Å². The quantitative estimate of drug-likeness (QED) is 0.943. The summed E-state index contributed by atoms with van der Waals surface area (Å²) in [6.45, 7) is 1.04. The molecule has 0 unspecified atom stereocenters. The van der Waals surface area contributed by atoms with Crippen LogP contribution >= 0.6 is 0 Å². The summed E-state index contributed by atoms with van der Waals surface area (Å²) >= 11 is 0.